The van der Waals surface area contributed by atoms with Crippen LogP contribution in [0.2, 0.25) is 0 Å². The van der Waals surface area contributed by atoms with Gasteiger partial charge < -0.3 is 15.0 Å². The fraction of sp³-hybridized carbons (Fsp3) is 0.360. The van der Waals surface area contributed by atoms with Crippen LogP contribution in [0, 0.1) is 0 Å². The molecule has 2 aliphatic rings. The molecule has 164 valence electrons. The highest BCUT2D eigenvalue weighted by Crippen LogP contribution is 2.30. The highest BCUT2D eigenvalue weighted by molar-refractivity contribution is 5.81. The second kappa shape index (κ2) is 9.44. The predicted octanol–water partition coefficient (Wildman–Crippen LogP) is 4.17. The minimum absolute atomic E-state index is 0.0852. The Morgan fingerprint density at radius 3 is 2.75 bits per heavy atom. The molecule has 2 aromatic heterocycles. The molecule has 2 atom stereocenters. The van der Waals surface area contributed by atoms with Crippen molar-refractivity contribution in [3.63, 3.8) is 0 Å². The zero-order chi connectivity index (χ0) is 21.8. The third-order valence-electron chi connectivity index (χ3n) is 6.05. The number of anilines is 2. The summed E-state index contributed by atoms with van der Waals surface area (Å²) in [6, 6.07) is 15.8. The summed E-state index contributed by atoms with van der Waals surface area (Å²) >= 11 is 0. The normalized spacial score (nSPS) is 20.8. The lowest BCUT2D eigenvalue weighted by molar-refractivity contribution is -0.142. The molecule has 0 saturated carbocycles. The molecular formula is C25H27N5O2. The largest absolute Gasteiger partial charge is 0.368 e. The fourth-order valence-corrected chi connectivity index (χ4v) is 4.41. The van der Waals surface area contributed by atoms with Crippen LogP contribution in [-0.2, 0) is 9.53 Å². The van der Waals surface area contributed by atoms with E-state index in [0.717, 1.165) is 60.8 Å². The van der Waals surface area contributed by atoms with Gasteiger partial charge in [0.2, 0.25) is 0 Å². The van der Waals surface area contributed by atoms with Crippen molar-refractivity contribution in [3.05, 3.63) is 66.7 Å². The summed E-state index contributed by atoms with van der Waals surface area (Å²) in [6.07, 6.45) is 6.95. The smallest absolute Gasteiger partial charge is 0.251 e. The molecule has 7 nitrogen and oxygen atoms in total. The van der Waals surface area contributed by atoms with E-state index in [2.05, 4.69) is 10.3 Å². The van der Waals surface area contributed by atoms with Crippen LogP contribution >= 0.6 is 0 Å². The van der Waals surface area contributed by atoms with E-state index in [1.165, 1.54) is 0 Å². The van der Waals surface area contributed by atoms with Crippen LogP contribution in [0.4, 0.5) is 11.5 Å². The Kier molecular flexibility index (Phi) is 6.07. The van der Waals surface area contributed by atoms with Crippen molar-refractivity contribution in [1.82, 2.24) is 19.9 Å². The van der Waals surface area contributed by atoms with E-state index in [-0.39, 0.29) is 17.9 Å². The van der Waals surface area contributed by atoms with Gasteiger partial charge in [0.05, 0.1) is 5.69 Å². The Bertz CT molecular complexity index is 1050. The van der Waals surface area contributed by atoms with Crippen LogP contribution in [0.5, 0.6) is 0 Å². The van der Waals surface area contributed by atoms with Gasteiger partial charge in [0.25, 0.3) is 5.91 Å². The SMILES string of the molecule is O=C([C@@H]1CCCO1)N1CCC[C@@H](c2nc(Nc3ccccc3)cc(-c3cccnc3)n2)C1. The van der Waals surface area contributed by atoms with E-state index < -0.39 is 0 Å². The lowest BCUT2D eigenvalue weighted by Crippen LogP contribution is -2.44. The van der Waals surface area contributed by atoms with Gasteiger partial charge in [-0.15, -0.1) is 0 Å². The van der Waals surface area contributed by atoms with Crippen molar-refractivity contribution in [1.29, 1.82) is 0 Å². The number of aromatic nitrogens is 3. The van der Waals surface area contributed by atoms with Crippen molar-refractivity contribution in [2.24, 2.45) is 0 Å². The number of nitrogens with one attached hydrogen (secondary N) is 1. The molecule has 2 fully saturated rings. The van der Waals surface area contributed by atoms with Gasteiger partial charge in [-0.1, -0.05) is 18.2 Å². The molecule has 5 rings (SSSR count). The van der Waals surface area contributed by atoms with Gasteiger partial charge in [-0.05, 0) is 49.9 Å². The topological polar surface area (TPSA) is 80.2 Å². The van der Waals surface area contributed by atoms with Gasteiger partial charge >= 0.3 is 0 Å². The van der Waals surface area contributed by atoms with E-state index in [0.29, 0.717) is 13.2 Å². The molecular weight excluding hydrogens is 402 g/mol. The number of nitrogens with zero attached hydrogens (tertiary/aromatic N) is 4. The number of piperidine rings is 1. The Morgan fingerprint density at radius 2 is 1.97 bits per heavy atom. The first-order valence-corrected chi connectivity index (χ1v) is 11.3. The minimum Gasteiger partial charge on any atom is -0.368 e. The van der Waals surface area contributed by atoms with Gasteiger partial charge in [-0.2, -0.15) is 0 Å². The first-order valence-electron chi connectivity index (χ1n) is 11.3. The first kappa shape index (κ1) is 20.6. The number of ether oxygens (including phenoxy) is 1. The van der Waals surface area contributed by atoms with Gasteiger partial charge in [-0.3, -0.25) is 9.78 Å². The number of para-hydroxylation sites is 1. The summed E-state index contributed by atoms with van der Waals surface area (Å²) in [5, 5.41) is 3.40. The van der Waals surface area contributed by atoms with Crippen LogP contribution < -0.4 is 5.32 Å². The molecule has 0 unspecified atom stereocenters. The molecule has 1 amide bonds. The molecule has 0 bridgehead atoms. The van der Waals surface area contributed by atoms with E-state index in [4.69, 9.17) is 14.7 Å². The number of hydrogen-bond donors (Lipinski definition) is 1. The van der Waals surface area contributed by atoms with Crippen LogP contribution in [0.15, 0.2) is 60.9 Å². The number of likely N-dealkylation sites (tertiary alicyclic amines) is 1. The van der Waals surface area contributed by atoms with Crippen LogP contribution in [0.1, 0.15) is 37.4 Å². The number of benzene rings is 1. The highest BCUT2D eigenvalue weighted by Gasteiger charge is 2.33. The second-order valence-electron chi connectivity index (χ2n) is 8.35. The summed E-state index contributed by atoms with van der Waals surface area (Å²) < 4.78 is 5.63. The molecule has 32 heavy (non-hydrogen) atoms. The van der Waals surface area contributed by atoms with Crippen molar-refractivity contribution in [2.75, 3.05) is 25.0 Å². The van der Waals surface area contributed by atoms with E-state index in [1.54, 1.807) is 6.20 Å². The summed E-state index contributed by atoms with van der Waals surface area (Å²) in [4.78, 5) is 28.9. The van der Waals surface area contributed by atoms with Crippen LogP contribution in [-0.4, -0.2) is 51.6 Å². The summed E-state index contributed by atoms with van der Waals surface area (Å²) in [5.74, 6) is 1.69. The standard InChI is InChI=1S/C25H27N5O2/c31-25(22-11-6-14-32-22)30-13-5-8-19(17-30)24-28-21(18-7-4-12-26-16-18)15-23(29-24)27-20-9-2-1-3-10-20/h1-4,7,9-10,12,15-16,19,22H,5-6,8,11,13-14,17H2,(H,27,28,29)/t19-,22+/m1/s1. The Balaban J connectivity index is 1.44. The highest BCUT2D eigenvalue weighted by atomic mass is 16.5. The summed E-state index contributed by atoms with van der Waals surface area (Å²) in [6.45, 7) is 2.07. The van der Waals surface area contributed by atoms with E-state index in [1.807, 2.05) is 59.6 Å². The Labute approximate surface area is 187 Å². The lowest BCUT2D eigenvalue weighted by Gasteiger charge is -2.33. The summed E-state index contributed by atoms with van der Waals surface area (Å²) in [5.41, 5.74) is 2.73. The number of carbonyl (C=O) groups excluding carboxylic acids is 1. The van der Waals surface area contributed by atoms with Crippen molar-refractivity contribution in [2.45, 2.75) is 37.7 Å². The monoisotopic (exact) mass is 429 g/mol. The lowest BCUT2D eigenvalue weighted by atomic mass is 9.96. The number of rotatable bonds is 5. The molecule has 0 spiro atoms. The quantitative estimate of drug-likeness (QED) is 0.656. The molecule has 0 radical (unpaired) electrons. The van der Waals surface area contributed by atoms with Crippen molar-refractivity contribution in [3.8, 4) is 11.3 Å². The van der Waals surface area contributed by atoms with Crippen LogP contribution in [0.25, 0.3) is 11.3 Å². The Hall–Kier alpha value is -3.32. The molecule has 0 aliphatic carbocycles. The van der Waals surface area contributed by atoms with Crippen molar-refractivity contribution < 1.29 is 9.53 Å². The van der Waals surface area contributed by atoms with Gasteiger partial charge in [0.1, 0.15) is 17.7 Å². The number of hydrogen-bond acceptors (Lipinski definition) is 6. The Morgan fingerprint density at radius 1 is 1.06 bits per heavy atom. The number of amides is 1. The first-order chi connectivity index (χ1) is 15.8. The third-order valence-corrected chi connectivity index (χ3v) is 6.05. The maximum absolute atomic E-state index is 12.9. The third kappa shape index (κ3) is 4.62. The molecule has 4 heterocycles. The van der Waals surface area contributed by atoms with Crippen LogP contribution in [0.3, 0.4) is 0 Å². The maximum atomic E-state index is 12.9. The zero-order valence-electron chi connectivity index (χ0n) is 18.0. The van der Waals surface area contributed by atoms with E-state index >= 15 is 0 Å². The zero-order valence-corrected chi connectivity index (χ0v) is 18.0. The van der Waals surface area contributed by atoms with E-state index in [9.17, 15) is 4.79 Å². The predicted molar refractivity (Wildman–Crippen MR) is 123 cm³/mol. The number of pyridine rings is 1. The van der Waals surface area contributed by atoms with Crippen molar-refractivity contribution >= 4 is 17.4 Å². The molecule has 1 N–H and O–H groups in total. The molecule has 2 aliphatic heterocycles. The molecule has 7 heteroatoms. The number of carbonyl (C=O) groups is 1. The van der Waals surface area contributed by atoms with Gasteiger partial charge in [0.15, 0.2) is 0 Å². The van der Waals surface area contributed by atoms with Gasteiger partial charge in [-0.25, -0.2) is 9.97 Å². The molecule has 1 aromatic carbocycles. The minimum atomic E-state index is -0.285. The molecule has 3 aromatic rings. The average Bonchev–Trinajstić information content (AvgIpc) is 3.40. The van der Waals surface area contributed by atoms with Gasteiger partial charge in [0, 0.05) is 55.3 Å². The summed E-state index contributed by atoms with van der Waals surface area (Å²) in [7, 11) is 0. The fourth-order valence-electron chi connectivity index (χ4n) is 4.41. The average molecular weight is 430 g/mol. The molecule has 2 saturated heterocycles. The second-order valence-corrected chi connectivity index (χ2v) is 8.35. The maximum Gasteiger partial charge on any atom is 0.251 e.